The number of methoxy groups -OCH3 is 3. The van der Waals surface area contributed by atoms with Crippen molar-refractivity contribution in [1.29, 1.82) is 0 Å². The molecular weight excluding hydrogens is 757 g/mol. The smallest absolute Gasteiger partial charge is 0.320 e. The molecule has 0 bridgehead atoms. The van der Waals surface area contributed by atoms with Gasteiger partial charge in [-0.15, -0.1) is 0 Å². The summed E-state index contributed by atoms with van der Waals surface area (Å²) >= 11 is 13.0. The molecule has 3 aliphatic rings. The molecule has 0 aromatic heterocycles. The van der Waals surface area contributed by atoms with Crippen molar-refractivity contribution in [3.8, 4) is 17.2 Å². The van der Waals surface area contributed by atoms with Crippen LogP contribution in [0.1, 0.15) is 60.5 Å². The molecule has 0 spiro atoms. The zero-order valence-electron chi connectivity index (χ0n) is 32.7. The molecule has 2 amide bonds. The van der Waals surface area contributed by atoms with Crippen molar-refractivity contribution in [1.82, 2.24) is 25.1 Å². The van der Waals surface area contributed by atoms with Crippen molar-refractivity contribution in [2.45, 2.75) is 55.9 Å². The van der Waals surface area contributed by atoms with Crippen molar-refractivity contribution in [3.05, 3.63) is 87.4 Å². The van der Waals surface area contributed by atoms with E-state index in [0.29, 0.717) is 91.4 Å². The van der Waals surface area contributed by atoms with Crippen LogP contribution in [0.5, 0.6) is 17.2 Å². The number of hydrazine groups is 1. The molecule has 6 rings (SSSR count). The molecule has 12 nitrogen and oxygen atoms in total. The molecule has 2 atom stereocenters. The van der Waals surface area contributed by atoms with E-state index in [1.807, 2.05) is 70.3 Å². The van der Waals surface area contributed by atoms with Gasteiger partial charge >= 0.3 is 5.97 Å². The number of halogens is 2. The monoisotopic (exact) mass is 809 g/mol. The number of nitrogens with zero attached hydrogens (tertiary/aromatic N) is 4. The number of hydrogen-bond acceptors (Lipinski definition) is 9. The molecule has 3 fully saturated rings. The number of nitrogens with one attached hydrogen (secondary N) is 1. The average Bonchev–Trinajstić information content (AvgIpc) is 3.67. The largest absolute Gasteiger partial charge is 0.493 e. The van der Waals surface area contributed by atoms with Gasteiger partial charge < -0.3 is 29.1 Å². The van der Waals surface area contributed by atoms with E-state index in [9.17, 15) is 19.5 Å². The minimum atomic E-state index is -0.808. The fourth-order valence-electron chi connectivity index (χ4n) is 8.76. The second-order valence-electron chi connectivity index (χ2n) is 15.1. The molecule has 2 N–H and O–H groups in total. The predicted molar refractivity (Wildman–Crippen MR) is 216 cm³/mol. The molecular formula is C42H53Cl2N5O7. The molecule has 3 heterocycles. The Labute approximate surface area is 339 Å². The minimum Gasteiger partial charge on any atom is -0.493 e. The highest BCUT2D eigenvalue weighted by atomic mass is 35.5. The van der Waals surface area contributed by atoms with E-state index in [1.54, 1.807) is 12.1 Å². The number of carbonyl (C=O) groups excluding carboxylic acids is 2. The van der Waals surface area contributed by atoms with Crippen LogP contribution < -0.4 is 19.6 Å². The number of ether oxygens (including phenoxy) is 3. The van der Waals surface area contributed by atoms with Gasteiger partial charge in [-0.1, -0.05) is 66.5 Å². The van der Waals surface area contributed by atoms with Crippen LogP contribution >= 0.6 is 23.2 Å². The van der Waals surface area contributed by atoms with Crippen molar-refractivity contribution in [2.24, 2.45) is 0 Å². The lowest BCUT2D eigenvalue weighted by atomic mass is 9.71. The van der Waals surface area contributed by atoms with Crippen LogP contribution in [0, 0.1) is 0 Å². The second-order valence-corrected chi connectivity index (χ2v) is 15.9. The third-order valence-electron chi connectivity index (χ3n) is 12.1. The fourth-order valence-corrected chi connectivity index (χ4v) is 9.06. The summed E-state index contributed by atoms with van der Waals surface area (Å²) in [5, 5.41) is 12.5. The summed E-state index contributed by atoms with van der Waals surface area (Å²) in [6, 6.07) is 18.7. The zero-order valence-corrected chi connectivity index (χ0v) is 34.2. The van der Waals surface area contributed by atoms with Crippen LogP contribution in [0.15, 0.2) is 60.7 Å². The van der Waals surface area contributed by atoms with E-state index in [4.69, 9.17) is 37.4 Å². The molecule has 302 valence electrons. The first-order chi connectivity index (χ1) is 27.0. The van der Waals surface area contributed by atoms with Gasteiger partial charge in [0.1, 0.15) is 6.04 Å². The Hall–Kier alpha value is -4.07. The first-order valence-electron chi connectivity index (χ1n) is 19.3. The number of hydrogen-bond donors (Lipinski definition) is 2. The maximum Gasteiger partial charge on any atom is 0.320 e. The summed E-state index contributed by atoms with van der Waals surface area (Å²) in [6.45, 7) is 7.40. The van der Waals surface area contributed by atoms with Crippen LogP contribution in [0.4, 0.5) is 0 Å². The number of amides is 2. The van der Waals surface area contributed by atoms with Gasteiger partial charge in [-0.25, -0.2) is 5.01 Å². The van der Waals surface area contributed by atoms with E-state index in [1.165, 1.54) is 21.3 Å². The van der Waals surface area contributed by atoms with Gasteiger partial charge in [0.15, 0.2) is 11.5 Å². The SMILES string of the molecule is CC[C@H](C(=O)O)N1CCN(NC(=O)C2(c3ccccc3)CCN(CC[C@]3(c4ccc(Cl)c(Cl)c4)CCN(C(=O)c4cc(OC)c(OC)c(OC)c4)C3)CC2)CC1. The molecule has 0 aliphatic carbocycles. The van der Waals surface area contributed by atoms with E-state index >= 15 is 0 Å². The number of aliphatic carboxylic acids is 1. The van der Waals surface area contributed by atoms with E-state index in [-0.39, 0.29) is 17.2 Å². The van der Waals surface area contributed by atoms with Gasteiger partial charge in [0, 0.05) is 50.2 Å². The summed E-state index contributed by atoms with van der Waals surface area (Å²) in [7, 11) is 4.59. The zero-order chi connectivity index (χ0) is 40.0. The molecule has 0 saturated carbocycles. The fraction of sp³-hybridized carbons (Fsp3) is 0.500. The number of piperidine rings is 1. The Balaban J connectivity index is 1.16. The standard InChI is InChI=1S/C42H53Cl2N5O7/c1-5-34(39(51)52)47-21-23-49(24-22-47)45-40(53)42(30-9-7-6-8-10-30)15-18-46(19-16-42)17-13-41(31-11-12-32(43)33(44)27-31)14-20-48(28-41)38(50)29-25-35(54-2)37(56-4)36(26-29)55-3/h6-12,25-27,34H,5,13-24,28H2,1-4H3,(H,45,53)(H,51,52)/t34-,41+/m1/s1. The van der Waals surface area contributed by atoms with Gasteiger partial charge in [0.25, 0.3) is 5.91 Å². The van der Waals surface area contributed by atoms with Gasteiger partial charge in [-0.2, -0.15) is 0 Å². The van der Waals surface area contributed by atoms with Gasteiger partial charge in [-0.05, 0) is 87.1 Å². The Morgan fingerprint density at radius 1 is 0.804 bits per heavy atom. The molecule has 3 aromatic rings. The number of rotatable bonds is 14. The lowest BCUT2D eigenvalue weighted by Gasteiger charge is -2.44. The highest BCUT2D eigenvalue weighted by molar-refractivity contribution is 6.42. The number of piperazine rings is 1. The summed E-state index contributed by atoms with van der Waals surface area (Å²) in [5.74, 6) is 0.298. The van der Waals surface area contributed by atoms with Crippen LogP contribution in [0.2, 0.25) is 10.0 Å². The molecule has 3 aromatic carbocycles. The Kier molecular flexibility index (Phi) is 13.4. The van der Waals surface area contributed by atoms with Crippen LogP contribution in [-0.4, -0.2) is 129 Å². The molecule has 3 saturated heterocycles. The Bertz CT molecular complexity index is 1840. The van der Waals surface area contributed by atoms with Gasteiger partial charge in [0.05, 0.1) is 36.8 Å². The van der Waals surface area contributed by atoms with Crippen LogP contribution in [0.25, 0.3) is 0 Å². The quantitative estimate of drug-likeness (QED) is 0.209. The Morgan fingerprint density at radius 2 is 1.46 bits per heavy atom. The van der Waals surface area contributed by atoms with E-state index in [2.05, 4.69) is 10.3 Å². The first kappa shape index (κ1) is 41.6. The number of carbonyl (C=O) groups is 3. The highest BCUT2D eigenvalue weighted by Gasteiger charge is 2.46. The molecule has 56 heavy (non-hydrogen) atoms. The molecule has 0 unspecified atom stereocenters. The van der Waals surface area contributed by atoms with Crippen LogP contribution in [0.3, 0.4) is 0 Å². The van der Waals surface area contributed by atoms with Crippen molar-refractivity contribution >= 4 is 41.0 Å². The highest BCUT2D eigenvalue weighted by Crippen LogP contribution is 2.43. The summed E-state index contributed by atoms with van der Waals surface area (Å²) in [6.07, 6.45) is 3.34. The lowest BCUT2D eigenvalue weighted by molar-refractivity contribution is -0.145. The summed E-state index contributed by atoms with van der Waals surface area (Å²) in [5.41, 5.74) is 4.63. The lowest BCUT2D eigenvalue weighted by Crippen LogP contribution is -2.60. The predicted octanol–water partition coefficient (Wildman–Crippen LogP) is 5.74. The van der Waals surface area contributed by atoms with E-state index in [0.717, 1.165) is 43.6 Å². The van der Waals surface area contributed by atoms with Gasteiger partial charge in [-0.3, -0.25) is 24.7 Å². The maximum absolute atomic E-state index is 14.3. The minimum absolute atomic E-state index is 0.0221. The van der Waals surface area contributed by atoms with Crippen molar-refractivity contribution in [3.63, 3.8) is 0 Å². The van der Waals surface area contributed by atoms with Crippen LogP contribution in [-0.2, 0) is 20.4 Å². The maximum atomic E-state index is 14.3. The first-order valence-corrected chi connectivity index (χ1v) is 20.1. The number of carboxylic acids is 1. The number of benzene rings is 3. The van der Waals surface area contributed by atoms with Crippen molar-refractivity contribution in [2.75, 3.05) is 80.2 Å². The molecule has 3 aliphatic heterocycles. The Morgan fingerprint density at radius 3 is 2.04 bits per heavy atom. The average molecular weight is 811 g/mol. The van der Waals surface area contributed by atoms with E-state index < -0.39 is 17.4 Å². The topological polar surface area (TPSA) is 124 Å². The van der Waals surface area contributed by atoms with Gasteiger partial charge in [0.2, 0.25) is 11.7 Å². The second kappa shape index (κ2) is 18.0. The number of likely N-dealkylation sites (tertiary alicyclic amines) is 2. The molecule has 0 radical (unpaired) electrons. The third-order valence-corrected chi connectivity index (χ3v) is 12.9. The summed E-state index contributed by atoms with van der Waals surface area (Å²) < 4.78 is 16.6. The third kappa shape index (κ3) is 8.60. The summed E-state index contributed by atoms with van der Waals surface area (Å²) in [4.78, 5) is 46.4. The normalized spacial score (nSPS) is 21.0. The number of carboxylic acid groups (broad SMARTS) is 1. The van der Waals surface area contributed by atoms with Crippen molar-refractivity contribution < 1.29 is 33.7 Å². The molecule has 14 heteroatoms.